The van der Waals surface area contributed by atoms with Crippen molar-refractivity contribution < 1.29 is 18.9 Å². The van der Waals surface area contributed by atoms with E-state index in [0.717, 1.165) is 63.8 Å². The maximum atomic E-state index is 11.5. The predicted molar refractivity (Wildman–Crippen MR) is 214 cm³/mol. The van der Waals surface area contributed by atoms with Gasteiger partial charge in [-0.1, -0.05) is 6.07 Å². The lowest BCUT2D eigenvalue weighted by Gasteiger charge is -2.32. The Kier molecular flexibility index (Phi) is 10.8. The van der Waals surface area contributed by atoms with Gasteiger partial charge in [0.15, 0.2) is 0 Å². The number of aryl methyl sites for hydroxylation is 2. The zero-order valence-corrected chi connectivity index (χ0v) is 33.0. The molecule has 14 heteroatoms. The molecular formula is C40H48BBrN8O4. The Morgan fingerprint density at radius 3 is 1.74 bits per heavy atom. The number of urea groups is 2. The lowest BCUT2D eigenvalue weighted by atomic mass is 9.79. The third kappa shape index (κ3) is 8.45. The number of amides is 4. The molecule has 5 aliphatic rings. The first-order valence-electron chi connectivity index (χ1n) is 18.8. The van der Waals surface area contributed by atoms with Crippen molar-refractivity contribution in [2.24, 2.45) is 11.5 Å². The Morgan fingerprint density at radius 2 is 1.20 bits per heavy atom. The summed E-state index contributed by atoms with van der Waals surface area (Å²) in [5, 5.41) is 0. The lowest BCUT2D eigenvalue weighted by molar-refractivity contribution is 0.00578. The van der Waals surface area contributed by atoms with E-state index in [4.69, 9.17) is 20.8 Å². The number of pyridine rings is 4. The van der Waals surface area contributed by atoms with Crippen LogP contribution in [0.25, 0.3) is 11.1 Å². The maximum Gasteiger partial charge on any atom is 0.496 e. The molecule has 0 bridgehead atoms. The molecule has 0 atom stereocenters. The number of anilines is 2. The smallest absolute Gasteiger partial charge is 0.399 e. The standard InChI is InChI=1S/C17H18N4O.C15H22BN3O3.C8H8BrN/c18-17(22)21-5-1-2-12-6-15(10-20-16(12)21)14-7-13(8-19-9-14)11-3-4-11;1-14(2)15(3,4)22-16(21-14)11-8-10-6-5-7-19(13(17)20)12(10)18-9-11;9-8-3-7(4-10-5-8)6-1-2-6/h6-11H,1-5H2,(H2,18,22);8-9H,5-7H2,1-4H3,(H2,17,20);3-6H,1-2H2. The highest BCUT2D eigenvalue weighted by Gasteiger charge is 2.52. The SMILES string of the molecule is Brc1cncc(C2CC2)c1.CC1(C)OB(c2cnc3c(c2)CCCN3C(N)=O)OC1(C)C.NC(=O)N1CCCc2cc(-c3cncc(C4CC4)c3)cnc21. The quantitative estimate of drug-likeness (QED) is 0.214. The molecular weight excluding hydrogens is 747 g/mol. The number of hydrogen-bond acceptors (Lipinski definition) is 8. The number of halogens is 1. The topological polar surface area (TPSA) is 163 Å². The summed E-state index contributed by atoms with van der Waals surface area (Å²) in [6.45, 7) is 9.35. The minimum Gasteiger partial charge on any atom is -0.399 e. The number of rotatable bonds is 4. The second-order valence-corrected chi connectivity index (χ2v) is 16.6. The summed E-state index contributed by atoms with van der Waals surface area (Å²) in [5.74, 6) is 2.85. The van der Waals surface area contributed by atoms with E-state index in [-0.39, 0.29) is 11.2 Å². The molecule has 3 fully saturated rings. The van der Waals surface area contributed by atoms with Gasteiger partial charge in [0, 0.05) is 71.3 Å². The summed E-state index contributed by atoms with van der Waals surface area (Å²) in [5.41, 5.74) is 17.9. The van der Waals surface area contributed by atoms with Crippen molar-refractivity contribution in [3.63, 3.8) is 0 Å². The van der Waals surface area contributed by atoms with Crippen LogP contribution < -0.4 is 26.7 Å². The predicted octanol–water partition coefficient (Wildman–Crippen LogP) is 6.79. The average Bonchev–Trinajstić information content (AvgIpc) is 4.08. The molecule has 0 unspecified atom stereocenters. The second-order valence-electron chi connectivity index (χ2n) is 15.7. The number of fused-ring (bicyclic) bond motifs is 2. The molecule has 2 saturated carbocycles. The molecule has 4 amide bonds. The average molecular weight is 796 g/mol. The molecule has 1 saturated heterocycles. The van der Waals surface area contributed by atoms with E-state index in [1.165, 1.54) is 41.7 Å². The van der Waals surface area contributed by atoms with Crippen LogP contribution in [0.2, 0.25) is 0 Å². The van der Waals surface area contributed by atoms with Crippen LogP contribution in [0.4, 0.5) is 21.2 Å². The number of nitrogens with zero attached hydrogens (tertiary/aromatic N) is 6. The molecule has 54 heavy (non-hydrogen) atoms. The lowest BCUT2D eigenvalue weighted by Crippen LogP contribution is -2.41. The van der Waals surface area contributed by atoms with Gasteiger partial charge < -0.3 is 20.8 Å². The van der Waals surface area contributed by atoms with Gasteiger partial charge in [-0.05, 0) is 147 Å². The van der Waals surface area contributed by atoms with E-state index in [0.29, 0.717) is 30.6 Å². The van der Waals surface area contributed by atoms with E-state index >= 15 is 0 Å². The number of carbonyl (C=O) groups excluding carboxylic acids is 2. The van der Waals surface area contributed by atoms with Crippen molar-refractivity contribution in [3.8, 4) is 11.1 Å². The van der Waals surface area contributed by atoms with Crippen molar-refractivity contribution in [1.29, 1.82) is 0 Å². The van der Waals surface area contributed by atoms with Gasteiger partial charge >= 0.3 is 19.2 Å². The van der Waals surface area contributed by atoms with Gasteiger partial charge in [-0.3, -0.25) is 19.8 Å². The van der Waals surface area contributed by atoms with Gasteiger partial charge in [0.25, 0.3) is 0 Å². The Labute approximate surface area is 325 Å². The van der Waals surface area contributed by atoms with Crippen molar-refractivity contribution in [1.82, 2.24) is 19.9 Å². The van der Waals surface area contributed by atoms with Crippen LogP contribution >= 0.6 is 15.9 Å². The van der Waals surface area contributed by atoms with E-state index in [1.54, 1.807) is 11.1 Å². The Balaban J connectivity index is 0.000000134. The first-order chi connectivity index (χ1) is 25.8. The highest BCUT2D eigenvalue weighted by Crippen LogP contribution is 2.42. The normalized spacial score (nSPS) is 19.4. The highest BCUT2D eigenvalue weighted by atomic mass is 79.9. The summed E-state index contributed by atoms with van der Waals surface area (Å²) in [6, 6.07) is 7.61. The van der Waals surface area contributed by atoms with E-state index in [9.17, 15) is 9.59 Å². The van der Waals surface area contributed by atoms with E-state index < -0.39 is 19.2 Å². The monoisotopic (exact) mass is 794 g/mol. The third-order valence-electron chi connectivity index (χ3n) is 11.0. The summed E-state index contributed by atoms with van der Waals surface area (Å²) in [7, 11) is -0.438. The second kappa shape index (κ2) is 15.4. The molecule has 4 aromatic heterocycles. The Hall–Kier alpha value is -4.40. The van der Waals surface area contributed by atoms with Gasteiger partial charge in [0.05, 0.1) is 11.2 Å². The van der Waals surface area contributed by atoms with Gasteiger partial charge in [-0.2, -0.15) is 0 Å². The summed E-state index contributed by atoms with van der Waals surface area (Å²) >= 11 is 3.40. The Morgan fingerprint density at radius 1 is 0.704 bits per heavy atom. The van der Waals surface area contributed by atoms with Crippen LogP contribution in [-0.4, -0.2) is 63.4 Å². The molecule has 2 aliphatic carbocycles. The number of hydrogen-bond donors (Lipinski definition) is 2. The minimum atomic E-state index is -0.461. The summed E-state index contributed by atoms with van der Waals surface area (Å²) < 4.78 is 13.2. The fraction of sp³-hybridized carbons (Fsp3) is 0.450. The van der Waals surface area contributed by atoms with Gasteiger partial charge in [-0.25, -0.2) is 19.6 Å². The van der Waals surface area contributed by atoms with E-state index in [1.807, 2.05) is 64.7 Å². The van der Waals surface area contributed by atoms with Crippen molar-refractivity contribution >= 4 is 52.2 Å². The van der Waals surface area contributed by atoms with Gasteiger partial charge in [0.2, 0.25) is 0 Å². The molecule has 4 aromatic rings. The molecule has 3 aliphatic heterocycles. The molecule has 282 valence electrons. The van der Waals surface area contributed by atoms with Crippen LogP contribution in [0.3, 0.4) is 0 Å². The molecule has 9 rings (SSSR count). The Bertz CT molecular complexity index is 2020. The first kappa shape index (κ1) is 37.9. The third-order valence-corrected chi connectivity index (χ3v) is 11.5. The largest absolute Gasteiger partial charge is 0.496 e. The summed E-state index contributed by atoms with van der Waals surface area (Å²) in [4.78, 5) is 43.4. The highest BCUT2D eigenvalue weighted by molar-refractivity contribution is 9.10. The van der Waals surface area contributed by atoms with Crippen LogP contribution in [0, 0.1) is 0 Å². The fourth-order valence-corrected chi connectivity index (χ4v) is 7.35. The van der Waals surface area contributed by atoms with Crippen LogP contribution in [0.15, 0.2) is 65.9 Å². The van der Waals surface area contributed by atoms with Crippen molar-refractivity contribution in [2.75, 3.05) is 22.9 Å². The molecule has 0 radical (unpaired) electrons. The molecule has 7 heterocycles. The maximum absolute atomic E-state index is 11.5. The molecule has 0 aromatic carbocycles. The zero-order chi connectivity index (χ0) is 38.2. The van der Waals surface area contributed by atoms with Crippen LogP contribution in [0.1, 0.15) is 100 Å². The zero-order valence-electron chi connectivity index (χ0n) is 31.4. The van der Waals surface area contributed by atoms with Crippen LogP contribution in [-0.2, 0) is 22.2 Å². The van der Waals surface area contributed by atoms with Gasteiger partial charge in [0.1, 0.15) is 11.6 Å². The van der Waals surface area contributed by atoms with Gasteiger partial charge in [-0.15, -0.1) is 0 Å². The molecule has 0 spiro atoms. The van der Waals surface area contributed by atoms with Crippen LogP contribution in [0.5, 0.6) is 0 Å². The van der Waals surface area contributed by atoms with E-state index in [2.05, 4.69) is 54.1 Å². The number of nitrogens with two attached hydrogens (primary N) is 2. The van der Waals surface area contributed by atoms with Crippen molar-refractivity contribution in [3.05, 3.63) is 88.2 Å². The van der Waals surface area contributed by atoms with Crippen molar-refractivity contribution in [2.45, 2.75) is 102 Å². The molecule has 12 nitrogen and oxygen atoms in total. The number of aromatic nitrogens is 4. The number of carbonyl (C=O) groups is 2. The minimum absolute atomic E-state index is 0.382. The number of primary amides is 2. The summed E-state index contributed by atoms with van der Waals surface area (Å²) in [6.07, 6.45) is 20.0. The first-order valence-corrected chi connectivity index (χ1v) is 19.6. The fourth-order valence-electron chi connectivity index (χ4n) is 6.96. The molecule has 4 N–H and O–H groups in total.